The minimum Gasteiger partial charge on any atom is -0.285 e. The third kappa shape index (κ3) is 2.76. The molecular weight excluding hydrogens is 196 g/mol. The van der Waals surface area contributed by atoms with E-state index in [-0.39, 0.29) is 6.04 Å². The van der Waals surface area contributed by atoms with Gasteiger partial charge in [-0.3, -0.25) is 9.98 Å². The van der Waals surface area contributed by atoms with E-state index in [0.717, 1.165) is 5.56 Å². The summed E-state index contributed by atoms with van der Waals surface area (Å²) in [6.07, 6.45) is 5.43. The summed E-state index contributed by atoms with van der Waals surface area (Å²) >= 11 is 0. The number of rotatable bonds is 3. The van der Waals surface area contributed by atoms with Crippen molar-refractivity contribution < 1.29 is 0 Å². The smallest absolute Gasteiger partial charge is 0.0721 e. The average molecular weight is 210 g/mol. The van der Waals surface area contributed by atoms with Crippen LogP contribution in [0.25, 0.3) is 0 Å². The van der Waals surface area contributed by atoms with Crippen molar-refractivity contribution in [1.82, 2.24) is 4.98 Å². The summed E-state index contributed by atoms with van der Waals surface area (Å²) in [5.74, 6) is 0. The van der Waals surface area contributed by atoms with Gasteiger partial charge in [0.1, 0.15) is 0 Å². The first-order valence-electron chi connectivity index (χ1n) is 5.34. The lowest BCUT2D eigenvalue weighted by Gasteiger charge is -2.05. The first-order valence-corrected chi connectivity index (χ1v) is 5.34. The van der Waals surface area contributed by atoms with E-state index in [2.05, 4.69) is 29.0 Å². The van der Waals surface area contributed by atoms with Crippen LogP contribution in [0.3, 0.4) is 0 Å². The highest BCUT2D eigenvalue weighted by molar-refractivity contribution is 5.79. The molecule has 0 N–H and O–H groups in total. The SMILES string of the molecule is CC(/N=C/c1cccnc1)c1ccccc1. The summed E-state index contributed by atoms with van der Waals surface area (Å²) < 4.78 is 0. The van der Waals surface area contributed by atoms with Crippen LogP contribution < -0.4 is 0 Å². The van der Waals surface area contributed by atoms with Crippen LogP contribution in [0.15, 0.2) is 59.9 Å². The minimum atomic E-state index is 0.182. The molecule has 2 aromatic rings. The van der Waals surface area contributed by atoms with E-state index in [9.17, 15) is 0 Å². The minimum absolute atomic E-state index is 0.182. The van der Waals surface area contributed by atoms with Crippen molar-refractivity contribution in [3.8, 4) is 0 Å². The lowest BCUT2D eigenvalue weighted by Crippen LogP contribution is -1.90. The van der Waals surface area contributed by atoms with Gasteiger partial charge in [-0.15, -0.1) is 0 Å². The first kappa shape index (κ1) is 10.6. The molecule has 0 spiro atoms. The average Bonchev–Trinajstić information content (AvgIpc) is 2.38. The Hall–Kier alpha value is -1.96. The number of aromatic nitrogens is 1. The van der Waals surface area contributed by atoms with E-state index in [4.69, 9.17) is 0 Å². The van der Waals surface area contributed by atoms with E-state index in [0.29, 0.717) is 0 Å². The zero-order valence-electron chi connectivity index (χ0n) is 9.25. The topological polar surface area (TPSA) is 25.2 Å². The number of pyridine rings is 1. The molecule has 1 heterocycles. The van der Waals surface area contributed by atoms with Gasteiger partial charge in [-0.05, 0) is 18.6 Å². The fraction of sp³-hybridized carbons (Fsp3) is 0.143. The third-order valence-electron chi connectivity index (χ3n) is 2.41. The summed E-state index contributed by atoms with van der Waals surface area (Å²) in [6.45, 7) is 2.09. The number of hydrogen-bond donors (Lipinski definition) is 0. The highest BCUT2D eigenvalue weighted by Crippen LogP contribution is 2.15. The molecule has 0 aliphatic heterocycles. The summed E-state index contributed by atoms with van der Waals surface area (Å²) in [6, 6.07) is 14.3. The van der Waals surface area contributed by atoms with Gasteiger partial charge in [0.05, 0.1) is 6.04 Å². The molecule has 2 heteroatoms. The molecule has 16 heavy (non-hydrogen) atoms. The molecule has 1 aromatic heterocycles. The zero-order valence-corrected chi connectivity index (χ0v) is 9.25. The van der Waals surface area contributed by atoms with Crippen molar-refractivity contribution in [2.75, 3.05) is 0 Å². The standard InChI is InChI=1S/C14H14N2/c1-12(14-7-3-2-4-8-14)16-11-13-6-5-9-15-10-13/h2-12H,1H3/b16-11+. The maximum atomic E-state index is 4.50. The van der Waals surface area contributed by atoms with Crippen molar-refractivity contribution in [3.05, 3.63) is 66.0 Å². The van der Waals surface area contributed by atoms with Crippen LogP contribution in [0.1, 0.15) is 24.1 Å². The van der Waals surface area contributed by atoms with Crippen LogP contribution in [0.2, 0.25) is 0 Å². The largest absolute Gasteiger partial charge is 0.285 e. The highest BCUT2D eigenvalue weighted by atomic mass is 14.8. The maximum Gasteiger partial charge on any atom is 0.0721 e. The summed E-state index contributed by atoms with van der Waals surface area (Å²) in [5.41, 5.74) is 2.26. The normalized spacial score (nSPS) is 12.8. The van der Waals surface area contributed by atoms with Gasteiger partial charge in [0, 0.05) is 24.2 Å². The molecule has 80 valence electrons. The van der Waals surface area contributed by atoms with Gasteiger partial charge in [0.2, 0.25) is 0 Å². The molecule has 0 aliphatic carbocycles. The summed E-state index contributed by atoms with van der Waals surface area (Å²) in [7, 11) is 0. The predicted molar refractivity (Wildman–Crippen MR) is 66.7 cm³/mol. The molecule has 1 atom stereocenters. The lowest BCUT2D eigenvalue weighted by molar-refractivity contribution is 0.825. The Morgan fingerprint density at radius 2 is 1.94 bits per heavy atom. The molecule has 2 nitrogen and oxygen atoms in total. The molecule has 2 rings (SSSR count). The van der Waals surface area contributed by atoms with Gasteiger partial charge in [-0.2, -0.15) is 0 Å². The molecule has 0 fully saturated rings. The number of nitrogens with zero attached hydrogens (tertiary/aromatic N) is 2. The first-order chi connectivity index (χ1) is 7.86. The quantitative estimate of drug-likeness (QED) is 0.714. The number of benzene rings is 1. The van der Waals surface area contributed by atoms with Crippen molar-refractivity contribution in [3.63, 3.8) is 0 Å². The van der Waals surface area contributed by atoms with Crippen molar-refractivity contribution in [2.45, 2.75) is 13.0 Å². The van der Waals surface area contributed by atoms with Gasteiger partial charge in [0.25, 0.3) is 0 Å². The van der Waals surface area contributed by atoms with Gasteiger partial charge in [-0.25, -0.2) is 0 Å². The van der Waals surface area contributed by atoms with Crippen molar-refractivity contribution >= 4 is 6.21 Å². The van der Waals surface area contributed by atoms with Crippen LogP contribution in [0.5, 0.6) is 0 Å². The zero-order chi connectivity index (χ0) is 11.2. The predicted octanol–water partition coefficient (Wildman–Crippen LogP) is 3.26. The molecule has 1 aromatic carbocycles. The second-order valence-electron chi connectivity index (χ2n) is 3.65. The molecule has 0 radical (unpaired) electrons. The lowest BCUT2D eigenvalue weighted by atomic mass is 10.1. The second-order valence-corrected chi connectivity index (χ2v) is 3.65. The molecule has 0 saturated heterocycles. The molecule has 0 aliphatic rings. The van der Waals surface area contributed by atoms with E-state index in [1.807, 2.05) is 36.5 Å². The van der Waals surface area contributed by atoms with Crippen LogP contribution in [-0.2, 0) is 0 Å². The molecule has 0 amide bonds. The second kappa shape index (κ2) is 5.21. The molecule has 0 saturated carbocycles. The fourth-order valence-electron chi connectivity index (χ4n) is 1.47. The van der Waals surface area contributed by atoms with Crippen LogP contribution >= 0.6 is 0 Å². The summed E-state index contributed by atoms with van der Waals surface area (Å²) in [4.78, 5) is 8.54. The fourth-order valence-corrected chi connectivity index (χ4v) is 1.47. The van der Waals surface area contributed by atoms with Crippen LogP contribution in [0, 0.1) is 0 Å². The Kier molecular flexibility index (Phi) is 3.44. The van der Waals surface area contributed by atoms with Crippen LogP contribution in [-0.4, -0.2) is 11.2 Å². The van der Waals surface area contributed by atoms with E-state index in [1.165, 1.54) is 5.56 Å². The summed E-state index contributed by atoms with van der Waals surface area (Å²) in [5, 5.41) is 0. The monoisotopic (exact) mass is 210 g/mol. The van der Waals surface area contributed by atoms with E-state index >= 15 is 0 Å². The number of aliphatic imine (C=N–C) groups is 1. The van der Waals surface area contributed by atoms with Gasteiger partial charge < -0.3 is 0 Å². The molecular formula is C14H14N2. The maximum absolute atomic E-state index is 4.50. The van der Waals surface area contributed by atoms with Crippen molar-refractivity contribution in [1.29, 1.82) is 0 Å². The molecule has 1 unspecified atom stereocenters. The van der Waals surface area contributed by atoms with E-state index < -0.39 is 0 Å². The number of hydrogen-bond acceptors (Lipinski definition) is 2. The molecule has 0 bridgehead atoms. The van der Waals surface area contributed by atoms with Crippen LogP contribution in [0.4, 0.5) is 0 Å². The Labute approximate surface area is 95.7 Å². The van der Waals surface area contributed by atoms with E-state index in [1.54, 1.807) is 12.4 Å². The Morgan fingerprint density at radius 1 is 1.12 bits per heavy atom. The van der Waals surface area contributed by atoms with Gasteiger partial charge in [0.15, 0.2) is 0 Å². The highest BCUT2D eigenvalue weighted by Gasteiger charge is 1.99. The Balaban J connectivity index is 2.08. The Bertz CT molecular complexity index is 449. The van der Waals surface area contributed by atoms with Gasteiger partial charge in [-0.1, -0.05) is 36.4 Å². The Morgan fingerprint density at radius 3 is 2.62 bits per heavy atom. The third-order valence-corrected chi connectivity index (χ3v) is 2.41. The van der Waals surface area contributed by atoms with Gasteiger partial charge >= 0.3 is 0 Å². The van der Waals surface area contributed by atoms with Crippen molar-refractivity contribution in [2.24, 2.45) is 4.99 Å².